The van der Waals surface area contributed by atoms with Crippen molar-refractivity contribution in [2.45, 2.75) is 30.3 Å². The fourth-order valence-electron chi connectivity index (χ4n) is 3.02. The zero-order valence-corrected chi connectivity index (χ0v) is 14.7. The first-order chi connectivity index (χ1) is 12.6. The molecule has 1 fully saturated rings. The summed E-state index contributed by atoms with van der Waals surface area (Å²) in [5.74, 6) is 1.64. The second-order valence-electron chi connectivity index (χ2n) is 6.13. The molecule has 0 aliphatic carbocycles. The third-order valence-electron chi connectivity index (χ3n) is 4.39. The van der Waals surface area contributed by atoms with E-state index in [1.54, 1.807) is 16.3 Å². The molecule has 0 bridgehead atoms. The van der Waals surface area contributed by atoms with Crippen LogP contribution in [0.1, 0.15) is 11.8 Å². The lowest BCUT2D eigenvalue weighted by atomic mass is 10.1. The predicted octanol–water partition coefficient (Wildman–Crippen LogP) is 0.961. The molecule has 1 aromatic carbocycles. The van der Waals surface area contributed by atoms with Crippen LogP contribution < -0.4 is 5.73 Å². The molecule has 3 heterocycles. The van der Waals surface area contributed by atoms with Gasteiger partial charge < -0.3 is 20.7 Å². The molecule has 4 N–H and O–H groups in total. The summed E-state index contributed by atoms with van der Waals surface area (Å²) in [7, 11) is 0. The van der Waals surface area contributed by atoms with Crippen molar-refractivity contribution in [2.75, 3.05) is 11.5 Å². The van der Waals surface area contributed by atoms with Crippen LogP contribution in [0.5, 0.6) is 0 Å². The minimum atomic E-state index is -1.08. The number of nitrogens with zero attached hydrogens (tertiary/aromatic N) is 4. The third-order valence-corrected chi connectivity index (χ3v) is 5.49. The highest BCUT2D eigenvalue weighted by Gasteiger charge is 2.44. The number of benzene rings is 1. The molecule has 9 heteroatoms. The number of nitrogens with two attached hydrogens (primary N) is 1. The first-order valence-corrected chi connectivity index (χ1v) is 9.37. The molecule has 26 heavy (non-hydrogen) atoms. The van der Waals surface area contributed by atoms with E-state index in [1.165, 1.54) is 18.2 Å². The summed E-state index contributed by atoms with van der Waals surface area (Å²) in [5.41, 5.74) is 7.91. The quantitative estimate of drug-likeness (QED) is 0.605. The van der Waals surface area contributed by atoms with Crippen molar-refractivity contribution in [1.82, 2.24) is 19.5 Å². The minimum absolute atomic E-state index is 0.261. The molecule has 1 aliphatic rings. The Labute approximate surface area is 154 Å². The van der Waals surface area contributed by atoms with E-state index in [1.807, 2.05) is 18.2 Å². The molecule has 136 valence electrons. The van der Waals surface area contributed by atoms with Crippen molar-refractivity contribution in [3.05, 3.63) is 48.5 Å². The van der Waals surface area contributed by atoms with Gasteiger partial charge in [0.05, 0.1) is 12.4 Å². The predicted molar refractivity (Wildman–Crippen MR) is 98.3 cm³/mol. The van der Waals surface area contributed by atoms with Gasteiger partial charge in [-0.3, -0.25) is 4.57 Å². The van der Waals surface area contributed by atoms with Gasteiger partial charge in [0, 0.05) is 11.5 Å². The Bertz CT molecular complexity index is 890. The first-order valence-electron chi connectivity index (χ1n) is 8.21. The van der Waals surface area contributed by atoms with Crippen molar-refractivity contribution in [3.63, 3.8) is 0 Å². The van der Waals surface area contributed by atoms with Gasteiger partial charge in [0.2, 0.25) is 0 Å². The average molecular weight is 373 g/mol. The second kappa shape index (κ2) is 7.20. The molecule has 1 aliphatic heterocycles. The summed E-state index contributed by atoms with van der Waals surface area (Å²) in [4.78, 5) is 12.2. The number of imidazole rings is 1. The maximum atomic E-state index is 10.4. The number of aromatic nitrogens is 4. The summed E-state index contributed by atoms with van der Waals surface area (Å²) >= 11 is 1.65. The molecule has 1 saturated heterocycles. The van der Waals surface area contributed by atoms with Crippen molar-refractivity contribution in [1.29, 1.82) is 0 Å². The molecule has 2 aromatic heterocycles. The number of rotatable bonds is 5. The average Bonchev–Trinajstić information content (AvgIpc) is 3.20. The Morgan fingerprint density at radius 2 is 1.92 bits per heavy atom. The van der Waals surface area contributed by atoms with Crippen molar-refractivity contribution in [2.24, 2.45) is 0 Å². The van der Waals surface area contributed by atoms with Gasteiger partial charge in [-0.15, -0.1) is 0 Å². The van der Waals surface area contributed by atoms with Crippen LogP contribution in [0.4, 0.5) is 5.82 Å². The lowest BCUT2D eigenvalue weighted by Gasteiger charge is -2.16. The molecule has 4 unspecified atom stereocenters. The summed E-state index contributed by atoms with van der Waals surface area (Å²) in [6.45, 7) is 0. The van der Waals surface area contributed by atoms with Gasteiger partial charge in [0.1, 0.15) is 24.1 Å². The van der Waals surface area contributed by atoms with Gasteiger partial charge in [-0.05, 0) is 5.56 Å². The summed E-state index contributed by atoms with van der Waals surface area (Å²) in [5, 5.41) is 20.8. The normalized spacial score (nSPS) is 25.8. The van der Waals surface area contributed by atoms with E-state index in [-0.39, 0.29) is 5.82 Å². The van der Waals surface area contributed by atoms with Gasteiger partial charge in [-0.25, -0.2) is 15.0 Å². The zero-order chi connectivity index (χ0) is 18.1. The Kier molecular flexibility index (Phi) is 4.77. The fraction of sp³-hybridized carbons (Fsp3) is 0.353. The summed E-state index contributed by atoms with van der Waals surface area (Å²) < 4.78 is 7.50. The number of ether oxygens (including phenoxy) is 1. The van der Waals surface area contributed by atoms with Gasteiger partial charge in [0.25, 0.3) is 0 Å². The van der Waals surface area contributed by atoms with Crippen molar-refractivity contribution >= 4 is 28.7 Å². The highest BCUT2D eigenvalue weighted by atomic mass is 32.2. The van der Waals surface area contributed by atoms with E-state index in [2.05, 4.69) is 27.1 Å². The van der Waals surface area contributed by atoms with E-state index in [0.717, 1.165) is 5.75 Å². The second-order valence-corrected chi connectivity index (χ2v) is 7.16. The monoisotopic (exact) mass is 373 g/mol. The molecule has 0 amide bonds. The Morgan fingerprint density at radius 1 is 1.12 bits per heavy atom. The number of fused-ring (bicyclic) bond motifs is 1. The number of aliphatic hydroxyl groups excluding tert-OH is 2. The topological polar surface area (TPSA) is 119 Å². The molecule has 0 spiro atoms. The number of hydrogen-bond donors (Lipinski definition) is 3. The number of anilines is 1. The minimum Gasteiger partial charge on any atom is -0.387 e. The van der Waals surface area contributed by atoms with Crippen molar-refractivity contribution in [3.8, 4) is 0 Å². The van der Waals surface area contributed by atoms with Gasteiger partial charge >= 0.3 is 0 Å². The zero-order valence-electron chi connectivity index (χ0n) is 13.8. The lowest BCUT2D eigenvalue weighted by Crippen LogP contribution is -2.32. The molecular formula is C17H19N5O3S. The van der Waals surface area contributed by atoms with Crippen LogP contribution in [0.15, 0.2) is 43.0 Å². The van der Waals surface area contributed by atoms with Crippen molar-refractivity contribution < 1.29 is 14.9 Å². The molecule has 8 nitrogen and oxygen atoms in total. The van der Waals surface area contributed by atoms with Crippen LogP contribution in [0.3, 0.4) is 0 Å². The third kappa shape index (κ3) is 3.14. The number of hydrogen-bond acceptors (Lipinski definition) is 8. The smallest absolute Gasteiger partial charge is 0.167 e. The summed E-state index contributed by atoms with van der Waals surface area (Å²) in [6, 6.07) is 10.1. The van der Waals surface area contributed by atoms with E-state index in [4.69, 9.17) is 10.5 Å². The van der Waals surface area contributed by atoms with Gasteiger partial charge in [0.15, 0.2) is 17.7 Å². The van der Waals surface area contributed by atoms with Crippen LogP contribution in [0, 0.1) is 0 Å². The lowest BCUT2D eigenvalue weighted by molar-refractivity contribution is -0.0289. The number of aliphatic hydroxyl groups is 2. The molecule has 4 atom stereocenters. The van der Waals surface area contributed by atoms with E-state index >= 15 is 0 Å². The first kappa shape index (κ1) is 17.2. The fourth-order valence-corrected chi connectivity index (χ4v) is 4.07. The van der Waals surface area contributed by atoms with E-state index in [0.29, 0.717) is 16.9 Å². The molecule has 0 saturated carbocycles. The molecule has 0 radical (unpaired) electrons. The molecular weight excluding hydrogens is 354 g/mol. The van der Waals surface area contributed by atoms with Crippen LogP contribution in [0.25, 0.3) is 11.2 Å². The largest absolute Gasteiger partial charge is 0.387 e. The standard InChI is InChI=1S/C17H19N5O3S/c18-15-12-16(20-8-19-15)22(9-21-12)17-14(24)13(23)11(25-17)7-26-6-10-4-2-1-3-5-10/h1-5,8-9,11,13-14,17,23-24H,6-7H2,(H2,18,19,20). The van der Waals surface area contributed by atoms with Crippen LogP contribution in [-0.2, 0) is 10.5 Å². The number of nitrogen functional groups attached to an aromatic ring is 1. The van der Waals surface area contributed by atoms with Gasteiger partial charge in [-0.2, -0.15) is 11.8 Å². The van der Waals surface area contributed by atoms with E-state index < -0.39 is 24.5 Å². The summed E-state index contributed by atoms with van der Waals surface area (Å²) in [6.07, 6.45) is -0.492. The highest BCUT2D eigenvalue weighted by Crippen LogP contribution is 2.33. The Balaban J connectivity index is 1.46. The highest BCUT2D eigenvalue weighted by molar-refractivity contribution is 7.98. The van der Waals surface area contributed by atoms with Crippen LogP contribution in [-0.4, -0.2) is 53.8 Å². The Morgan fingerprint density at radius 3 is 2.73 bits per heavy atom. The van der Waals surface area contributed by atoms with Crippen LogP contribution in [0.2, 0.25) is 0 Å². The molecule has 3 aromatic rings. The maximum absolute atomic E-state index is 10.4. The maximum Gasteiger partial charge on any atom is 0.167 e. The number of thioether (sulfide) groups is 1. The Hall–Kier alpha value is -2.20. The molecule has 4 rings (SSSR count). The van der Waals surface area contributed by atoms with E-state index in [9.17, 15) is 10.2 Å². The van der Waals surface area contributed by atoms with Crippen LogP contribution >= 0.6 is 11.8 Å². The van der Waals surface area contributed by atoms with Gasteiger partial charge in [-0.1, -0.05) is 30.3 Å². The SMILES string of the molecule is Nc1ncnc2c1ncn2C1OC(CSCc2ccccc2)C(O)C1O.